The summed E-state index contributed by atoms with van der Waals surface area (Å²) in [6.45, 7) is 3.96. The Labute approximate surface area is 95.0 Å². The maximum atomic E-state index is 10.9. The molecule has 1 N–H and O–H groups in total. The number of rotatable bonds is 2. The van der Waals surface area contributed by atoms with E-state index in [-0.39, 0.29) is 0 Å². The first-order valence-electron chi connectivity index (χ1n) is 5.41. The highest BCUT2D eigenvalue weighted by Gasteiger charge is 2.11. The number of benzene rings is 1. The Morgan fingerprint density at radius 2 is 2.25 bits per heavy atom. The molecule has 1 aliphatic rings. The third-order valence-corrected chi connectivity index (χ3v) is 2.89. The SMILES string of the molecule is CC1=CCN(c2cccc(C(=O)O)c2)CC1. The van der Waals surface area contributed by atoms with Crippen molar-refractivity contribution in [3.05, 3.63) is 41.5 Å². The zero-order chi connectivity index (χ0) is 11.5. The van der Waals surface area contributed by atoms with Crippen molar-refractivity contribution < 1.29 is 9.90 Å². The van der Waals surface area contributed by atoms with E-state index >= 15 is 0 Å². The van der Waals surface area contributed by atoms with Gasteiger partial charge in [-0.1, -0.05) is 17.7 Å². The molecule has 0 unspecified atom stereocenters. The highest BCUT2D eigenvalue weighted by atomic mass is 16.4. The van der Waals surface area contributed by atoms with Gasteiger partial charge in [0.05, 0.1) is 5.56 Å². The van der Waals surface area contributed by atoms with Crippen molar-refractivity contribution in [3.63, 3.8) is 0 Å². The van der Waals surface area contributed by atoms with Crippen LogP contribution in [0.2, 0.25) is 0 Å². The van der Waals surface area contributed by atoms with Crippen LogP contribution in [0.25, 0.3) is 0 Å². The highest BCUT2D eigenvalue weighted by molar-refractivity contribution is 5.88. The van der Waals surface area contributed by atoms with E-state index in [4.69, 9.17) is 5.11 Å². The van der Waals surface area contributed by atoms with Gasteiger partial charge in [0.25, 0.3) is 0 Å². The molecule has 0 radical (unpaired) electrons. The van der Waals surface area contributed by atoms with Crippen LogP contribution in [0.15, 0.2) is 35.9 Å². The fourth-order valence-electron chi connectivity index (χ4n) is 1.84. The number of carboxylic acid groups (broad SMARTS) is 1. The van der Waals surface area contributed by atoms with Gasteiger partial charge in [-0.2, -0.15) is 0 Å². The molecule has 3 nitrogen and oxygen atoms in total. The maximum absolute atomic E-state index is 10.9. The minimum absolute atomic E-state index is 0.351. The summed E-state index contributed by atoms with van der Waals surface area (Å²) in [5.74, 6) is -0.870. The number of carboxylic acids is 1. The average molecular weight is 217 g/mol. The number of hydrogen-bond acceptors (Lipinski definition) is 2. The molecule has 0 aromatic heterocycles. The fraction of sp³-hybridized carbons (Fsp3) is 0.308. The minimum Gasteiger partial charge on any atom is -0.478 e. The normalized spacial score (nSPS) is 15.8. The molecule has 0 saturated heterocycles. The number of nitrogens with zero attached hydrogens (tertiary/aromatic N) is 1. The summed E-state index contributed by atoms with van der Waals surface area (Å²) < 4.78 is 0. The maximum Gasteiger partial charge on any atom is 0.335 e. The van der Waals surface area contributed by atoms with E-state index in [1.807, 2.05) is 6.07 Å². The molecule has 84 valence electrons. The van der Waals surface area contributed by atoms with E-state index in [1.54, 1.807) is 18.2 Å². The number of carbonyl (C=O) groups is 1. The molecule has 0 spiro atoms. The number of anilines is 1. The lowest BCUT2D eigenvalue weighted by Crippen LogP contribution is -2.28. The van der Waals surface area contributed by atoms with Crippen LogP contribution in [0.1, 0.15) is 23.7 Å². The summed E-state index contributed by atoms with van der Waals surface area (Å²) in [5.41, 5.74) is 2.75. The van der Waals surface area contributed by atoms with E-state index in [9.17, 15) is 4.79 Å². The van der Waals surface area contributed by atoms with Crippen LogP contribution in [-0.4, -0.2) is 24.2 Å². The first-order chi connectivity index (χ1) is 7.66. The van der Waals surface area contributed by atoms with Crippen molar-refractivity contribution in [2.45, 2.75) is 13.3 Å². The zero-order valence-electron chi connectivity index (χ0n) is 9.31. The summed E-state index contributed by atoms with van der Waals surface area (Å²) in [6.07, 6.45) is 3.24. The smallest absolute Gasteiger partial charge is 0.335 e. The molecular formula is C13H15NO2. The number of hydrogen-bond donors (Lipinski definition) is 1. The van der Waals surface area contributed by atoms with Gasteiger partial charge < -0.3 is 10.0 Å². The first-order valence-corrected chi connectivity index (χ1v) is 5.41. The molecule has 0 saturated carbocycles. The summed E-state index contributed by atoms with van der Waals surface area (Å²) in [7, 11) is 0. The van der Waals surface area contributed by atoms with Gasteiger partial charge in [0.2, 0.25) is 0 Å². The van der Waals surface area contributed by atoms with Gasteiger partial charge in [-0.3, -0.25) is 0 Å². The van der Waals surface area contributed by atoms with E-state index < -0.39 is 5.97 Å². The Hall–Kier alpha value is -1.77. The second-order valence-electron chi connectivity index (χ2n) is 4.10. The molecule has 1 aromatic rings. The molecule has 2 rings (SSSR count). The Morgan fingerprint density at radius 3 is 2.88 bits per heavy atom. The molecule has 16 heavy (non-hydrogen) atoms. The van der Waals surface area contributed by atoms with Crippen molar-refractivity contribution in [1.82, 2.24) is 0 Å². The summed E-state index contributed by atoms with van der Waals surface area (Å²) >= 11 is 0. The monoisotopic (exact) mass is 217 g/mol. The number of aromatic carboxylic acids is 1. The standard InChI is InChI=1S/C13H15NO2/c1-10-5-7-14(8-6-10)12-4-2-3-11(9-12)13(15)16/h2-5,9H,6-8H2,1H3,(H,15,16). The molecule has 1 heterocycles. The Morgan fingerprint density at radius 1 is 1.44 bits per heavy atom. The van der Waals surface area contributed by atoms with Crippen LogP contribution in [0, 0.1) is 0 Å². The Bertz CT molecular complexity index is 437. The van der Waals surface area contributed by atoms with Gasteiger partial charge in [-0.25, -0.2) is 4.79 Å². The van der Waals surface area contributed by atoms with Crippen molar-refractivity contribution in [3.8, 4) is 0 Å². The van der Waals surface area contributed by atoms with E-state index in [0.29, 0.717) is 5.56 Å². The van der Waals surface area contributed by atoms with Crippen LogP contribution in [0.4, 0.5) is 5.69 Å². The minimum atomic E-state index is -0.870. The lowest BCUT2D eigenvalue weighted by molar-refractivity contribution is 0.0697. The van der Waals surface area contributed by atoms with Crippen molar-refractivity contribution in [2.75, 3.05) is 18.0 Å². The van der Waals surface area contributed by atoms with E-state index in [0.717, 1.165) is 25.2 Å². The Kier molecular flexibility index (Phi) is 2.95. The van der Waals surface area contributed by atoms with E-state index in [2.05, 4.69) is 17.9 Å². The summed E-state index contributed by atoms with van der Waals surface area (Å²) in [4.78, 5) is 13.1. The van der Waals surface area contributed by atoms with Crippen LogP contribution < -0.4 is 4.90 Å². The van der Waals surface area contributed by atoms with Gasteiger partial charge in [0, 0.05) is 18.8 Å². The molecule has 0 amide bonds. The molecule has 0 atom stereocenters. The van der Waals surface area contributed by atoms with Gasteiger partial charge in [0.15, 0.2) is 0 Å². The first kappa shape index (κ1) is 10.7. The van der Waals surface area contributed by atoms with Crippen LogP contribution >= 0.6 is 0 Å². The van der Waals surface area contributed by atoms with Crippen molar-refractivity contribution in [2.24, 2.45) is 0 Å². The molecule has 0 bridgehead atoms. The Balaban J connectivity index is 2.21. The molecule has 0 fully saturated rings. The molecule has 1 aliphatic heterocycles. The van der Waals surface area contributed by atoms with Crippen molar-refractivity contribution >= 4 is 11.7 Å². The fourth-order valence-corrected chi connectivity index (χ4v) is 1.84. The quantitative estimate of drug-likeness (QED) is 0.774. The third kappa shape index (κ3) is 2.24. The van der Waals surface area contributed by atoms with Crippen LogP contribution in [0.3, 0.4) is 0 Å². The second-order valence-corrected chi connectivity index (χ2v) is 4.10. The lowest BCUT2D eigenvalue weighted by atomic mass is 10.1. The van der Waals surface area contributed by atoms with Crippen molar-refractivity contribution in [1.29, 1.82) is 0 Å². The molecule has 0 aliphatic carbocycles. The average Bonchev–Trinajstić information content (AvgIpc) is 2.30. The molecule has 3 heteroatoms. The van der Waals surface area contributed by atoms with E-state index in [1.165, 1.54) is 5.57 Å². The topological polar surface area (TPSA) is 40.5 Å². The van der Waals surface area contributed by atoms with Gasteiger partial charge in [0.1, 0.15) is 0 Å². The lowest BCUT2D eigenvalue weighted by Gasteiger charge is -2.27. The second kappa shape index (κ2) is 4.39. The van der Waals surface area contributed by atoms with Gasteiger partial charge >= 0.3 is 5.97 Å². The molecular weight excluding hydrogens is 202 g/mol. The third-order valence-electron chi connectivity index (χ3n) is 2.89. The largest absolute Gasteiger partial charge is 0.478 e. The zero-order valence-corrected chi connectivity index (χ0v) is 9.31. The van der Waals surface area contributed by atoms with Gasteiger partial charge in [-0.05, 0) is 31.5 Å². The molecule has 1 aromatic carbocycles. The highest BCUT2D eigenvalue weighted by Crippen LogP contribution is 2.20. The summed E-state index contributed by atoms with van der Waals surface area (Å²) in [6, 6.07) is 7.11. The van der Waals surface area contributed by atoms with Crippen LogP contribution in [0.5, 0.6) is 0 Å². The van der Waals surface area contributed by atoms with Gasteiger partial charge in [-0.15, -0.1) is 0 Å². The predicted octanol–water partition coefficient (Wildman–Crippen LogP) is 2.54. The summed E-state index contributed by atoms with van der Waals surface area (Å²) in [5, 5.41) is 8.92. The predicted molar refractivity (Wildman–Crippen MR) is 64.0 cm³/mol. The van der Waals surface area contributed by atoms with Crippen LogP contribution in [-0.2, 0) is 0 Å².